The van der Waals surface area contributed by atoms with Crippen LogP contribution < -0.4 is 14.8 Å². The maximum Gasteiger partial charge on any atom is 0.264 e. The highest BCUT2D eigenvalue weighted by Crippen LogP contribution is 2.27. The first-order valence-corrected chi connectivity index (χ1v) is 7.49. The monoisotopic (exact) mass is 350 g/mol. The Balaban J connectivity index is 0.00000192. The van der Waals surface area contributed by atoms with Gasteiger partial charge in [-0.1, -0.05) is 35.6 Å². The van der Waals surface area contributed by atoms with Crippen LogP contribution in [-0.4, -0.2) is 24.6 Å². The number of anilines is 1. The minimum atomic E-state index is -0.259. The molecular formula is C16H15ClN2O3S. The molecular weight excluding hydrogens is 336 g/mol. The Bertz CT molecular complexity index is 774. The van der Waals surface area contributed by atoms with Crippen molar-refractivity contribution in [2.45, 2.75) is 0 Å². The summed E-state index contributed by atoms with van der Waals surface area (Å²) in [6.45, 7) is -0.101. The van der Waals surface area contributed by atoms with E-state index < -0.39 is 0 Å². The molecule has 1 N–H and O–H groups in total. The fourth-order valence-corrected chi connectivity index (χ4v) is 2.84. The Morgan fingerprint density at radius 2 is 1.83 bits per heavy atom. The summed E-state index contributed by atoms with van der Waals surface area (Å²) in [5.74, 6) is 0.865. The highest BCUT2D eigenvalue weighted by atomic mass is 35.5. The van der Waals surface area contributed by atoms with Gasteiger partial charge in [-0.25, -0.2) is 4.98 Å². The molecule has 0 spiro atoms. The van der Waals surface area contributed by atoms with Crippen LogP contribution in [0, 0.1) is 0 Å². The molecule has 0 fully saturated rings. The van der Waals surface area contributed by atoms with Crippen LogP contribution in [0.25, 0.3) is 10.2 Å². The van der Waals surface area contributed by atoms with Gasteiger partial charge in [0.1, 0.15) is 0 Å². The number of ether oxygens (including phenoxy) is 2. The third-order valence-electron chi connectivity index (χ3n) is 2.97. The zero-order valence-electron chi connectivity index (χ0n) is 12.3. The lowest BCUT2D eigenvalue weighted by atomic mass is 10.3. The predicted molar refractivity (Wildman–Crippen MR) is 94.0 cm³/mol. The Kier molecular flexibility index (Phi) is 5.78. The number of hydrogen-bond acceptors (Lipinski definition) is 5. The molecule has 0 aliphatic carbocycles. The molecule has 2 aromatic carbocycles. The lowest BCUT2D eigenvalue weighted by molar-refractivity contribution is -0.118. The number of rotatable bonds is 5. The van der Waals surface area contributed by atoms with Gasteiger partial charge in [0.15, 0.2) is 23.2 Å². The second kappa shape index (κ2) is 7.80. The number of halogens is 1. The van der Waals surface area contributed by atoms with Crippen LogP contribution in [-0.2, 0) is 4.79 Å². The number of methoxy groups -OCH3 is 1. The number of thiazole rings is 1. The summed E-state index contributed by atoms with van der Waals surface area (Å²) in [6.07, 6.45) is 0. The molecule has 0 radical (unpaired) electrons. The van der Waals surface area contributed by atoms with E-state index in [0.29, 0.717) is 16.6 Å². The number of fused-ring (bicyclic) bond motifs is 1. The second-order valence-corrected chi connectivity index (χ2v) is 5.51. The van der Waals surface area contributed by atoms with Gasteiger partial charge >= 0.3 is 0 Å². The number of carbonyl (C=O) groups excluding carboxylic acids is 1. The van der Waals surface area contributed by atoms with Crippen molar-refractivity contribution in [3.05, 3.63) is 48.5 Å². The van der Waals surface area contributed by atoms with Crippen molar-refractivity contribution >= 4 is 45.0 Å². The predicted octanol–water partition coefficient (Wildman–Crippen LogP) is 3.74. The largest absolute Gasteiger partial charge is 0.493 e. The summed E-state index contributed by atoms with van der Waals surface area (Å²) in [5, 5.41) is 3.31. The maximum absolute atomic E-state index is 12.0. The molecule has 0 atom stereocenters. The minimum Gasteiger partial charge on any atom is -0.493 e. The summed E-state index contributed by atoms with van der Waals surface area (Å²) in [5.41, 5.74) is 0.869. The van der Waals surface area contributed by atoms with Crippen molar-refractivity contribution in [3.63, 3.8) is 0 Å². The molecule has 5 nitrogen and oxygen atoms in total. The Morgan fingerprint density at radius 1 is 1.13 bits per heavy atom. The average molecular weight is 351 g/mol. The van der Waals surface area contributed by atoms with E-state index in [4.69, 9.17) is 9.47 Å². The van der Waals surface area contributed by atoms with Crippen molar-refractivity contribution < 1.29 is 14.3 Å². The Morgan fingerprint density at radius 3 is 2.57 bits per heavy atom. The van der Waals surface area contributed by atoms with Crippen LogP contribution in [0.5, 0.6) is 11.5 Å². The molecule has 1 amide bonds. The van der Waals surface area contributed by atoms with Crippen molar-refractivity contribution in [2.24, 2.45) is 0 Å². The molecule has 3 rings (SSSR count). The van der Waals surface area contributed by atoms with Crippen molar-refractivity contribution in [2.75, 3.05) is 19.0 Å². The lowest BCUT2D eigenvalue weighted by Crippen LogP contribution is -2.20. The average Bonchev–Trinajstić information content (AvgIpc) is 2.95. The SMILES string of the molecule is COc1ccccc1OCC(=O)Nc1nc2ccccc2s1.Cl. The van der Waals surface area contributed by atoms with E-state index in [1.54, 1.807) is 19.2 Å². The smallest absolute Gasteiger partial charge is 0.264 e. The first-order chi connectivity index (χ1) is 10.8. The fraction of sp³-hybridized carbons (Fsp3) is 0.125. The summed E-state index contributed by atoms with van der Waals surface area (Å²) < 4.78 is 11.7. The number of carbonyl (C=O) groups is 1. The molecule has 0 saturated carbocycles. The van der Waals surface area contributed by atoms with Gasteiger partial charge in [-0.05, 0) is 24.3 Å². The zero-order valence-corrected chi connectivity index (χ0v) is 13.9. The normalized spacial score (nSPS) is 9.96. The van der Waals surface area contributed by atoms with Crippen LogP contribution >= 0.6 is 23.7 Å². The van der Waals surface area contributed by atoms with Crippen LogP contribution in [0.15, 0.2) is 48.5 Å². The summed E-state index contributed by atoms with van der Waals surface area (Å²) in [4.78, 5) is 16.3. The van der Waals surface area contributed by atoms with Gasteiger partial charge in [-0.15, -0.1) is 12.4 Å². The maximum atomic E-state index is 12.0. The first kappa shape index (κ1) is 17.1. The van der Waals surface area contributed by atoms with E-state index in [1.807, 2.05) is 36.4 Å². The van der Waals surface area contributed by atoms with Crippen LogP contribution in [0.4, 0.5) is 5.13 Å². The molecule has 120 valence electrons. The number of hydrogen-bond donors (Lipinski definition) is 1. The van der Waals surface area contributed by atoms with Gasteiger partial charge < -0.3 is 9.47 Å². The second-order valence-electron chi connectivity index (χ2n) is 4.47. The zero-order chi connectivity index (χ0) is 15.4. The fourth-order valence-electron chi connectivity index (χ4n) is 1.96. The third-order valence-corrected chi connectivity index (χ3v) is 3.92. The van der Waals surface area contributed by atoms with E-state index in [1.165, 1.54) is 11.3 Å². The van der Waals surface area contributed by atoms with Gasteiger partial charge in [-0.2, -0.15) is 0 Å². The number of nitrogens with one attached hydrogen (secondary N) is 1. The van der Waals surface area contributed by atoms with E-state index in [2.05, 4.69) is 10.3 Å². The highest BCUT2D eigenvalue weighted by molar-refractivity contribution is 7.22. The summed E-state index contributed by atoms with van der Waals surface area (Å²) in [7, 11) is 1.56. The molecule has 1 heterocycles. The van der Waals surface area contributed by atoms with Crippen LogP contribution in [0.1, 0.15) is 0 Å². The molecule has 0 saturated heterocycles. The van der Waals surface area contributed by atoms with Gasteiger partial charge in [-0.3, -0.25) is 10.1 Å². The van der Waals surface area contributed by atoms with Crippen molar-refractivity contribution in [3.8, 4) is 11.5 Å². The van der Waals surface area contributed by atoms with Gasteiger partial charge in [0.05, 0.1) is 17.3 Å². The van der Waals surface area contributed by atoms with E-state index in [0.717, 1.165) is 10.2 Å². The molecule has 1 aromatic heterocycles. The van der Waals surface area contributed by atoms with Crippen LogP contribution in [0.2, 0.25) is 0 Å². The Labute approximate surface area is 143 Å². The number of benzene rings is 2. The Hall–Kier alpha value is -2.31. The van der Waals surface area contributed by atoms with Gasteiger partial charge in [0.2, 0.25) is 0 Å². The molecule has 0 aliphatic rings. The first-order valence-electron chi connectivity index (χ1n) is 6.67. The molecule has 7 heteroatoms. The quantitative estimate of drug-likeness (QED) is 0.761. The van der Waals surface area contributed by atoms with E-state index in [9.17, 15) is 4.79 Å². The van der Waals surface area contributed by atoms with Crippen LogP contribution in [0.3, 0.4) is 0 Å². The van der Waals surface area contributed by atoms with Crippen molar-refractivity contribution in [1.29, 1.82) is 0 Å². The molecule has 0 aliphatic heterocycles. The number of amides is 1. The standard InChI is InChI=1S/C16H14N2O3S.ClH/c1-20-12-7-3-4-8-13(12)21-10-15(19)18-16-17-11-6-2-5-9-14(11)22-16;/h2-9H,10H2,1H3,(H,17,18,19);1H. The highest BCUT2D eigenvalue weighted by Gasteiger charge is 2.10. The van der Waals surface area contributed by atoms with E-state index >= 15 is 0 Å². The third kappa shape index (κ3) is 4.12. The summed E-state index contributed by atoms with van der Waals surface area (Å²) in [6, 6.07) is 14.9. The van der Waals surface area contributed by atoms with E-state index in [-0.39, 0.29) is 24.9 Å². The molecule has 3 aromatic rings. The molecule has 0 bridgehead atoms. The summed E-state index contributed by atoms with van der Waals surface area (Å²) >= 11 is 1.43. The lowest BCUT2D eigenvalue weighted by Gasteiger charge is -2.09. The molecule has 0 unspecified atom stereocenters. The minimum absolute atomic E-state index is 0. The van der Waals surface area contributed by atoms with Crippen molar-refractivity contribution in [1.82, 2.24) is 4.98 Å². The number of nitrogens with zero attached hydrogens (tertiary/aromatic N) is 1. The van der Waals surface area contributed by atoms with Gasteiger partial charge in [0.25, 0.3) is 5.91 Å². The van der Waals surface area contributed by atoms with Gasteiger partial charge in [0, 0.05) is 0 Å². The topological polar surface area (TPSA) is 60.5 Å². The number of para-hydroxylation sites is 3. The number of aromatic nitrogens is 1. The molecule has 23 heavy (non-hydrogen) atoms.